The predicted octanol–water partition coefficient (Wildman–Crippen LogP) is 2.06. The summed E-state index contributed by atoms with van der Waals surface area (Å²) in [5.74, 6) is 0.349. The van der Waals surface area contributed by atoms with Gasteiger partial charge >= 0.3 is 5.97 Å². The number of piperidine rings is 1. The van der Waals surface area contributed by atoms with E-state index in [1.54, 1.807) is 0 Å². The SMILES string of the molecule is CCOC(=O)CN1CC(N)CC(Cc2ccc(C)c(C)c2)C1. The van der Waals surface area contributed by atoms with Gasteiger partial charge in [0.25, 0.3) is 0 Å². The zero-order valence-electron chi connectivity index (χ0n) is 14.0. The van der Waals surface area contributed by atoms with Crippen molar-refractivity contribution in [2.45, 2.75) is 39.7 Å². The molecular weight excluding hydrogens is 276 g/mol. The van der Waals surface area contributed by atoms with Crippen molar-refractivity contribution >= 4 is 5.97 Å². The number of esters is 1. The Balaban J connectivity index is 1.95. The summed E-state index contributed by atoms with van der Waals surface area (Å²) in [5.41, 5.74) is 10.2. The van der Waals surface area contributed by atoms with Crippen molar-refractivity contribution in [3.8, 4) is 0 Å². The Bertz CT molecular complexity index is 516. The number of hydrogen-bond acceptors (Lipinski definition) is 4. The first-order valence-corrected chi connectivity index (χ1v) is 8.17. The fraction of sp³-hybridized carbons (Fsp3) is 0.611. The Hall–Kier alpha value is -1.39. The summed E-state index contributed by atoms with van der Waals surface area (Å²) < 4.78 is 5.04. The highest BCUT2D eigenvalue weighted by molar-refractivity contribution is 5.71. The molecule has 2 N–H and O–H groups in total. The number of nitrogens with two attached hydrogens (primary N) is 1. The number of likely N-dealkylation sites (tertiary alicyclic amines) is 1. The normalized spacial score (nSPS) is 22.5. The molecule has 0 spiro atoms. The summed E-state index contributed by atoms with van der Waals surface area (Å²) in [4.78, 5) is 13.8. The average Bonchev–Trinajstić information content (AvgIpc) is 2.42. The molecule has 1 aliphatic heterocycles. The van der Waals surface area contributed by atoms with Gasteiger partial charge in [0, 0.05) is 19.1 Å². The fourth-order valence-corrected chi connectivity index (χ4v) is 3.28. The van der Waals surface area contributed by atoms with Crippen molar-refractivity contribution in [1.82, 2.24) is 4.90 Å². The number of hydrogen-bond donors (Lipinski definition) is 1. The molecule has 1 aliphatic rings. The number of nitrogens with zero attached hydrogens (tertiary/aromatic N) is 1. The Morgan fingerprint density at radius 3 is 2.77 bits per heavy atom. The minimum absolute atomic E-state index is 0.139. The molecule has 1 aromatic carbocycles. The highest BCUT2D eigenvalue weighted by Crippen LogP contribution is 2.21. The maximum atomic E-state index is 11.7. The molecule has 4 heteroatoms. The van der Waals surface area contributed by atoms with E-state index in [9.17, 15) is 4.79 Å². The van der Waals surface area contributed by atoms with E-state index in [-0.39, 0.29) is 12.0 Å². The number of ether oxygens (including phenoxy) is 1. The highest BCUT2D eigenvalue weighted by Gasteiger charge is 2.26. The smallest absolute Gasteiger partial charge is 0.320 e. The predicted molar refractivity (Wildman–Crippen MR) is 88.8 cm³/mol. The number of benzene rings is 1. The third-order valence-electron chi connectivity index (χ3n) is 4.40. The lowest BCUT2D eigenvalue weighted by Crippen LogP contribution is -2.49. The second-order valence-electron chi connectivity index (χ2n) is 6.48. The lowest BCUT2D eigenvalue weighted by atomic mass is 9.88. The Morgan fingerprint density at radius 1 is 1.32 bits per heavy atom. The van der Waals surface area contributed by atoms with E-state index in [4.69, 9.17) is 10.5 Å². The molecule has 1 saturated heterocycles. The van der Waals surface area contributed by atoms with Crippen molar-refractivity contribution in [1.29, 1.82) is 0 Å². The van der Waals surface area contributed by atoms with Crippen LogP contribution in [0.2, 0.25) is 0 Å². The molecule has 0 radical (unpaired) electrons. The molecule has 1 heterocycles. The van der Waals surface area contributed by atoms with Gasteiger partial charge in [0.05, 0.1) is 13.2 Å². The number of carbonyl (C=O) groups is 1. The van der Waals surface area contributed by atoms with E-state index < -0.39 is 0 Å². The van der Waals surface area contributed by atoms with Gasteiger partial charge in [-0.3, -0.25) is 9.69 Å². The van der Waals surface area contributed by atoms with Crippen molar-refractivity contribution in [3.05, 3.63) is 34.9 Å². The lowest BCUT2D eigenvalue weighted by molar-refractivity contribution is -0.144. The van der Waals surface area contributed by atoms with Crippen LogP contribution in [0.1, 0.15) is 30.0 Å². The molecule has 1 fully saturated rings. The molecule has 2 atom stereocenters. The molecule has 0 aromatic heterocycles. The first-order chi connectivity index (χ1) is 10.5. The van der Waals surface area contributed by atoms with Gasteiger partial charge in [0.1, 0.15) is 0 Å². The van der Waals surface area contributed by atoms with Gasteiger partial charge in [-0.1, -0.05) is 18.2 Å². The van der Waals surface area contributed by atoms with Gasteiger partial charge in [-0.25, -0.2) is 0 Å². The molecular formula is C18H28N2O2. The first-order valence-electron chi connectivity index (χ1n) is 8.17. The van der Waals surface area contributed by atoms with Crippen molar-refractivity contribution in [2.24, 2.45) is 11.7 Å². The van der Waals surface area contributed by atoms with Gasteiger partial charge in [-0.15, -0.1) is 0 Å². The summed E-state index contributed by atoms with van der Waals surface area (Å²) in [6.07, 6.45) is 2.04. The van der Waals surface area contributed by atoms with E-state index >= 15 is 0 Å². The van der Waals surface area contributed by atoms with E-state index in [0.717, 1.165) is 25.9 Å². The van der Waals surface area contributed by atoms with Crippen LogP contribution in [0.4, 0.5) is 0 Å². The Labute approximate surface area is 133 Å². The summed E-state index contributed by atoms with van der Waals surface area (Å²) >= 11 is 0. The maximum Gasteiger partial charge on any atom is 0.320 e. The van der Waals surface area contributed by atoms with Crippen LogP contribution in [0.3, 0.4) is 0 Å². The van der Waals surface area contributed by atoms with Crippen molar-refractivity contribution in [2.75, 3.05) is 26.2 Å². The van der Waals surface area contributed by atoms with Crippen LogP contribution < -0.4 is 5.73 Å². The molecule has 0 bridgehead atoms. The number of rotatable bonds is 5. The van der Waals surface area contributed by atoms with Crippen LogP contribution in [-0.4, -0.2) is 43.2 Å². The standard InChI is InChI=1S/C18H28N2O2/c1-4-22-18(21)12-20-10-16(9-17(19)11-20)8-15-6-5-13(2)14(3)7-15/h5-7,16-17H,4,8-12,19H2,1-3H3. The average molecular weight is 304 g/mol. The van der Waals surface area contributed by atoms with Gasteiger partial charge < -0.3 is 10.5 Å². The lowest BCUT2D eigenvalue weighted by Gasteiger charge is -2.35. The van der Waals surface area contributed by atoms with Crippen LogP contribution in [0.15, 0.2) is 18.2 Å². The molecule has 22 heavy (non-hydrogen) atoms. The summed E-state index contributed by atoms with van der Waals surface area (Å²) in [7, 11) is 0. The Kier molecular flexibility index (Phi) is 5.98. The van der Waals surface area contributed by atoms with Crippen LogP contribution in [0, 0.1) is 19.8 Å². The maximum absolute atomic E-state index is 11.7. The molecule has 122 valence electrons. The van der Waals surface area contributed by atoms with Gasteiger partial charge in [-0.2, -0.15) is 0 Å². The Morgan fingerprint density at radius 2 is 2.09 bits per heavy atom. The molecule has 0 aliphatic carbocycles. The minimum Gasteiger partial charge on any atom is -0.465 e. The third-order valence-corrected chi connectivity index (χ3v) is 4.40. The van der Waals surface area contributed by atoms with Crippen LogP contribution >= 0.6 is 0 Å². The van der Waals surface area contributed by atoms with Crippen LogP contribution in [0.5, 0.6) is 0 Å². The number of aryl methyl sites for hydroxylation is 2. The van der Waals surface area contributed by atoms with Gasteiger partial charge in [-0.05, 0) is 56.2 Å². The third kappa shape index (κ3) is 4.82. The van der Waals surface area contributed by atoms with Crippen molar-refractivity contribution in [3.63, 3.8) is 0 Å². The monoisotopic (exact) mass is 304 g/mol. The second-order valence-corrected chi connectivity index (χ2v) is 6.48. The summed E-state index contributed by atoms with van der Waals surface area (Å²) in [6.45, 7) is 8.61. The van der Waals surface area contributed by atoms with E-state index in [1.165, 1.54) is 16.7 Å². The first kappa shape index (κ1) is 17.0. The van der Waals surface area contributed by atoms with Gasteiger partial charge in [0.15, 0.2) is 0 Å². The summed E-state index contributed by atoms with van der Waals surface area (Å²) in [5, 5.41) is 0. The minimum atomic E-state index is -0.151. The number of carbonyl (C=O) groups excluding carboxylic acids is 1. The van der Waals surface area contributed by atoms with Crippen molar-refractivity contribution < 1.29 is 9.53 Å². The molecule has 0 amide bonds. The zero-order valence-corrected chi connectivity index (χ0v) is 14.0. The molecule has 0 saturated carbocycles. The van der Waals surface area contributed by atoms with E-state index in [2.05, 4.69) is 36.9 Å². The zero-order chi connectivity index (χ0) is 16.1. The topological polar surface area (TPSA) is 55.6 Å². The molecule has 1 aromatic rings. The molecule has 2 unspecified atom stereocenters. The quantitative estimate of drug-likeness (QED) is 0.846. The second kappa shape index (κ2) is 7.75. The molecule has 4 nitrogen and oxygen atoms in total. The van der Waals surface area contributed by atoms with Crippen LogP contribution in [0.25, 0.3) is 0 Å². The van der Waals surface area contributed by atoms with Gasteiger partial charge in [0.2, 0.25) is 0 Å². The van der Waals surface area contributed by atoms with Crippen LogP contribution in [-0.2, 0) is 16.0 Å². The molecule has 2 rings (SSSR count). The van der Waals surface area contributed by atoms with E-state index in [1.807, 2.05) is 6.92 Å². The van der Waals surface area contributed by atoms with E-state index in [0.29, 0.717) is 19.1 Å². The fourth-order valence-electron chi connectivity index (χ4n) is 3.28. The highest BCUT2D eigenvalue weighted by atomic mass is 16.5. The summed E-state index contributed by atoms with van der Waals surface area (Å²) in [6, 6.07) is 6.80. The largest absolute Gasteiger partial charge is 0.465 e.